The normalized spacial score (nSPS) is 12.8. The van der Waals surface area contributed by atoms with Gasteiger partial charge in [-0.1, -0.05) is 22.0 Å². The lowest BCUT2D eigenvalue weighted by Crippen LogP contribution is -1.93. The molecule has 68 valence electrons. The van der Waals surface area contributed by atoms with E-state index in [0.717, 1.165) is 26.0 Å². The van der Waals surface area contributed by atoms with Crippen LogP contribution in [0.1, 0.15) is 15.9 Å². The average Bonchev–Trinajstić information content (AvgIpc) is 2.72. The Labute approximate surface area is 93.5 Å². The topological polar surface area (TPSA) is 17.1 Å². The zero-order valence-corrected chi connectivity index (χ0v) is 9.48. The van der Waals surface area contributed by atoms with Gasteiger partial charge in [-0.3, -0.25) is 4.79 Å². The summed E-state index contributed by atoms with van der Waals surface area (Å²) in [6.07, 6.45) is 0. The maximum Gasteiger partial charge on any atom is 0.195 e. The number of thiophene rings is 1. The highest BCUT2D eigenvalue weighted by atomic mass is 79.9. The summed E-state index contributed by atoms with van der Waals surface area (Å²) in [5.41, 5.74) is 2.74. The van der Waals surface area contributed by atoms with E-state index in [9.17, 15) is 4.79 Å². The van der Waals surface area contributed by atoms with E-state index in [4.69, 9.17) is 0 Å². The molecule has 14 heavy (non-hydrogen) atoms. The largest absolute Gasteiger partial charge is 0.289 e. The van der Waals surface area contributed by atoms with Crippen molar-refractivity contribution in [3.8, 4) is 10.4 Å². The molecule has 1 heterocycles. The first-order valence-electron chi connectivity index (χ1n) is 4.19. The molecule has 0 saturated carbocycles. The van der Waals surface area contributed by atoms with Crippen LogP contribution >= 0.6 is 27.3 Å². The Morgan fingerprint density at radius 1 is 1.07 bits per heavy atom. The third kappa shape index (κ3) is 0.967. The van der Waals surface area contributed by atoms with Crippen molar-refractivity contribution in [2.45, 2.75) is 0 Å². The van der Waals surface area contributed by atoms with E-state index in [0.29, 0.717) is 0 Å². The lowest BCUT2D eigenvalue weighted by atomic mass is 10.1. The number of rotatable bonds is 0. The van der Waals surface area contributed by atoms with Gasteiger partial charge in [0, 0.05) is 26.0 Å². The van der Waals surface area contributed by atoms with Gasteiger partial charge in [-0.25, -0.2) is 0 Å². The molecule has 0 amide bonds. The SMILES string of the molecule is O=C1c2cc(Br)ccc2-c2sccc21. The van der Waals surface area contributed by atoms with Crippen LogP contribution < -0.4 is 0 Å². The molecule has 3 heteroatoms. The minimum Gasteiger partial charge on any atom is -0.289 e. The summed E-state index contributed by atoms with van der Waals surface area (Å²) in [7, 11) is 0. The second kappa shape index (κ2) is 2.78. The first-order chi connectivity index (χ1) is 6.77. The van der Waals surface area contributed by atoms with E-state index in [-0.39, 0.29) is 5.78 Å². The molecular formula is C11H5BrOS. The van der Waals surface area contributed by atoms with Crippen molar-refractivity contribution in [1.82, 2.24) is 0 Å². The smallest absolute Gasteiger partial charge is 0.195 e. The van der Waals surface area contributed by atoms with Crippen LogP contribution in [0.3, 0.4) is 0 Å². The third-order valence-corrected chi connectivity index (χ3v) is 3.82. The average molecular weight is 265 g/mol. The van der Waals surface area contributed by atoms with Crippen molar-refractivity contribution in [1.29, 1.82) is 0 Å². The van der Waals surface area contributed by atoms with Gasteiger partial charge in [-0.05, 0) is 23.6 Å². The molecule has 0 spiro atoms. The van der Waals surface area contributed by atoms with Gasteiger partial charge in [0.25, 0.3) is 0 Å². The van der Waals surface area contributed by atoms with Crippen molar-refractivity contribution in [2.75, 3.05) is 0 Å². The summed E-state index contributed by atoms with van der Waals surface area (Å²) >= 11 is 5.00. The molecule has 0 bridgehead atoms. The van der Waals surface area contributed by atoms with Gasteiger partial charge < -0.3 is 0 Å². The van der Waals surface area contributed by atoms with Gasteiger partial charge in [0.05, 0.1) is 0 Å². The molecule has 3 rings (SSSR count). The fourth-order valence-corrected chi connectivity index (χ4v) is 3.04. The maximum atomic E-state index is 11.9. The molecule has 1 nitrogen and oxygen atoms in total. The molecule has 0 atom stereocenters. The van der Waals surface area contributed by atoms with Gasteiger partial charge in [0.15, 0.2) is 5.78 Å². The molecule has 1 aliphatic rings. The van der Waals surface area contributed by atoms with Crippen molar-refractivity contribution >= 4 is 33.0 Å². The molecule has 0 saturated heterocycles. The van der Waals surface area contributed by atoms with E-state index in [1.807, 2.05) is 29.6 Å². The van der Waals surface area contributed by atoms with E-state index in [1.54, 1.807) is 11.3 Å². The first-order valence-corrected chi connectivity index (χ1v) is 5.87. The maximum absolute atomic E-state index is 11.9. The Hall–Kier alpha value is -0.930. The van der Waals surface area contributed by atoms with Crippen LogP contribution in [0.5, 0.6) is 0 Å². The van der Waals surface area contributed by atoms with Gasteiger partial charge in [0.2, 0.25) is 0 Å². The van der Waals surface area contributed by atoms with Crippen molar-refractivity contribution in [3.05, 3.63) is 45.2 Å². The highest BCUT2D eigenvalue weighted by Crippen LogP contribution is 2.41. The van der Waals surface area contributed by atoms with E-state index < -0.39 is 0 Å². The molecule has 0 aliphatic heterocycles. The zero-order valence-electron chi connectivity index (χ0n) is 7.08. The van der Waals surface area contributed by atoms with Crippen LogP contribution in [0.15, 0.2) is 34.1 Å². The Bertz CT molecular complexity index is 542. The highest BCUT2D eigenvalue weighted by molar-refractivity contribution is 9.10. The van der Waals surface area contributed by atoms with E-state index in [2.05, 4.69) is 15.9 Å². The van der Waals surface area contributed by atoms with Crippen LogP contribution in [-0.2, 0) is 0 Å². The second-order valence-corrected chi connectivity index (χ2v) is 5.01. The number of carbonyl (C=O) groups is 1. The van der Waals surface area contributed by atoms with Gasteiger partial charge >= 0.3 is 0 Å². The lowest BCUT2D eigenvalue weighted by Gasteiger charge is -1.97. The molecule has 1 aromatic carbocycles. The Morgan fingerprint density at radius 3 is 2.79 bits per heavy atom. The van der Waals surface area contributed by atoms with Crippen molar-refractivity contribution < 1.29 is 4.79 Å². The van der Waals surface area contributed by atoms with Crippen LogP contribution in [0.4, 0.5) is 0 Å². The Morgan fingerprint density at radius 2 is 1.93 bits per heavy atom. The summed E-state index contributed by atoms with van der Waals surface area (Å²) in [4.78, 5) is 13.0. The molecule has 0 fully saturated rings. The predicted molar refractivity (Wildman–Crippen MR) is 60.9 cm³/mol. The quantitative estimate of drug-likeness (QED) is 0.605. The first kappa shape index (κ1) is 8.38. The van der Waals surface area contributed by atoms with Crippen LogP contribution in [0.25, 0.3) is 10.4 Å². The third-order valence-electron chi connectivity index (χ3n) is 2.38. The molecule has 0 unspecified atom stereocenters. The van der Waals surface area contributed by atoms with Gasteiger partial charge in [-0.2, -0.15) is 0 Å². The summed E-state index contributed by atoms with van der Waals surface area (Å²) in [5.74, 6) is 0.151. The molecule has 0 radical (unpaired) electrons. The molecule has 1 aromatic heterocycles. The lowest BCUT2D eigenvalue weighted by molar-refractivity contribution is 0.104. The monoisotopic (exact) mass is 264 g/mol. The standard InChI is InChI=1S/C11H5BrOS/c12-6-1-2-7-9(5-6)10(13)8-3-4-14-11(7)8/h1-5H. The fraction of sp³-hybridized carbons (Fsp3) is 0. The van der Waals surface area contributed by atoms with Crippen LogP contribution in [0, 0.1) is 0 Å². The Balaban J connectivity index is 2.38. The van der Waals surface area contributed by atoms with E-state index in [1.165, 1.54) is 0 Å². The predicted octanol–water partition coefficient (Wildman–Crippen LogP) is 3.72. The van der Waals surface area contributed by atoms with E-state index >= 15 is 0 Å². The fourth-order valence-electron chi connectivity index (χ4n) is 1.74. The number of hydrogen-bond acceptors (Lipinski definition) is 2. The summed E-state index contributed by atoms with van der Waals surface area (Å²) in [6, 6.07) is 7.77. The summed E-state index contributed by atoms with van der Waals surface area (Å²) < 4.78 is 0.958. The summed E-state index contributed by atoms with van der Waals surface area (Å²) in [5, 5.41) is 1.97. The number of carbonyl (C=O) groups excluding carboxylic acids is 1. The number of hydrogen-bond donors (Lipinski definition) is 0. The zero-order chi connectivity index (χ0) is 9.71. The number of benzene rings is 1. The highest BCUT2D eigenvalue weighted by Gasteiger charge is 2.27. The number of fused-ring (bicyclic) bond motifs is 3. The van der Waals surface area contributed by atoms with Crippen LogP contribution in [0.2, 0.25) is 0 Å². The van der Waals surface area contributed by atoms with Crippen molar-refractivity contribution in [3.63, 3.8) is 0 Å². The molecular weight excluding hydrogens is 260 g/mol. The number of ketones is 1. The molecule has 1 aliphatic carbocycles. The minimum absolute atomic E-state index is 0.151. The van der Waals surface area contributed by atoms with Crippen LogP contribution in [-0.4, -0.2) is 5.78 Å². The molecule has 0 N–H and O–H groups in total. The summed E-state index contributed by atoms with van der Waals surface area (Å²) in [6.45, 7) is 0. The van der Waals surface area contributed by atoms with Gasteiger partial charge in [-0.15, -0.1) is 11.3 Å². The second-order valence-electron chi connectivity index (χ2n) is 3.18. The Kier molecular flexibility index (Phi) is 1.66. The van der Waals surface area contributed by atoms with Crippen molar-refractivity contribution in [2.24, 2.45) is 0 Å². The minimum atomic E-state index is 0.151. The number of halogens is 1. The van der Waals surface area contributed by atoms with Gasteiger partial charge in [0.1, 0.15) is 0 Å². The molecule has 2 aromatic rings.